The molecule has 3 aromatic rings. The summed E-state index contributed by atoms with van der Waals surface area (Å²) in [7, 11) is -4.44. The maximum Gasteiger partial charge on any atom is 0.124 e. The molecule has 3 rings (SSSR count). The van der Waals surface area contributed by atoms with E-state index in [9.17, 15) is 13.0 Å². The fraction of sp³-hybridized carbons (Fsp3) is 0.357. The number of hydrogen-bond donors (Lipinski definition) is 0. The van der Waals surface area contributed by atoms with Crippen LogP contribution in [0, 0.1) is 13.8 Å². The van der Waals surface area contributed by atoms with Gasteiger partial charge in [-0.1, -0.05) is 67.9 Å². The van der Waals surface area contributed by atoms with E-state index in [0.717, 1.165) is 29.8 Å². The first-order valence-corrected chi connectivity index (χ1v) is 13.3. The van der Waals surface area contributed by atoms with Gasteiger partial charge in [0.25, 0.3) is 0 Å². The van der Waals surface area contributed by atoms with Gasteiger partial charge in [-0.05, 0) is 103 Å². The van der Waals surface area contributed by atoms with E-state index in [1.54, 1.807) is 12.1 Å². The largest absolute Gasteiger partial charge is 0.744 e. The Bertz CT molecular complexity index is 1170. The SMILES string of the molecule is CCC(CC(CC(C)c1ccc(Cl)cc1)c1ccc(C)c(C)c1)c1ccc(S(=O)(=O)[O-])cc1. The normalized spacial score (nSPS) is 14.6. The van der Waals surface area contributed by atoms with Gasteiger partial charge in [0.1, 0.15) is 10.1 Å². The average molecular weight is 484 g/mol. The molecule has 0 spiro atoms. The lowest BCUT2D eigenvalue weighted by Gasteiger charge is -2.27. The molecule has 3 unspecified atom stereocenters. The van der Waals surface area contributed by atoms with Gasteiger partial charge in [0.2, 0.25) is 0 Å². The minimum absolute atomic E-state index is 0.178. The van der Waals surface area contributed by atoms with E-state index in [-0.39, 0.29) is 10.8 Å². The van der Waals surface area contributed by atoms with Gasteiger partial charge in [-0.15, -0.1) is 0 Å². The maximum atomic E-state index is 11.3. The summed E-state index contributed by atoms with van der Waals surface area (Å²) in [5.74, 6) is 0.958. The Labute approximate surface area is 203 Å². The Hall–Kier alpha value is -2.14. The monoisotopic (exact) mass is 483 g/mol. The van der Waals surface area contributed by atoms with Crippen LogP contribution in [0.25, 0.3) is 0 Å². The van der Waals surface area contributed by atoms with Gasteiger partial charge in [0.05, 0.1) is 4.90 Å². The van der Waals surface area contributed by atoms with E-state index in [0.29, 0.717) is 11.8 Å². The number of rotatable bonds is 9. The molecule has 5 heteroatoms. The summed E-state index contributed by atoms with van der Waals surface area (Å²) in [6.45, 7) is 8.69. The van der Waals surface area contributed by atoms with Gasteiger partial charge in [-0.25, -0.2) is 8.42 Å². The van der Waals surface area contributed by atoms with Crippen LogP contribution in [0.1, 0.15) is 78.7 Å². The smallest absolute Gasteiger partial charge is 0.124 e. The molecule has 3 aromatic carbocycles. The van der Waals surface area contributed by atoms with E-state index >= 15 is 0 Å². The van der Waals surface area contributed by atoms with Crippen molar-refractivity contribution < 1.29 is 13.0 Å². The molecule has 0 bridgehead atoms. The minimum atomic E-state index is -4.44. The Morgan fingerprint density at radius 3 is 1.91 bits per heavy atom. The highest BCUT2D eigenvalue weighted by atomic mass is 35.5. The van der Waals surface area contributed by atoms with Crippen molar-refractivity contribution in [1.29, 1.82) is 0 Å². The van der Waals surface area contributed by atoms with Crippen molar-refractivity contribution in [3.8, 4) is 0 Å². The molecule has 176 valence electrons. The first-order chi connectivity index (χ1) is 15.6. The van der Waals surface area contributed by atoms with Gasteiger partial charge >= 0.3 is 0 Å². The summed E-state index contributed by atoms with van der Waals surface area (Å²) in [5, 5.41) is 0.742. The fourth-order valence-electron chi connectivity index (χ4n) is 4.53. The predicted octanol–water partition coefficient (Wildman–Crippen LogP) is 7.72. The molecular weight excluding hydrogens is 452 g/mol. The minimum Gasteiger partial charge on any atom is -0.744 e. The molecular formula is C28H32ClO3S-. The van der Waals surface area contributed by atoms with E-state index in [2.05, 4.69) is 58.0 Å². The first kappa shape index (κ1) is 25.5. The summed E-state index contributed by atoms with van der Waals surface area (Å²) in [6, 6.07) is 21.3. The van der Waals surface area contributed by atoms with Crippen molar-refractivity contribution in [3.63, 3.8) is 0 Å². The van der Waals surface area contributed by atoms with Crippen molar-refractivity contribution >= 4 is 21.7 Å². The summed E-state index contributed by atoms with van der Waals surface area (Å²) < 4.78 is 34.0. The lowest BCUT2D eigenvalue weighted by Crippen LogP contribution is -2.10. The van der Waals surface area contributed by atoms with Crippen LogP contribution in [0.3, 0.4) is 0 Å². The van der Waals surface area contributed by atoms with E-state index < -0.39 is 10.1 Å². The molecule has 0 aliphatic carbocycles. The zero-order chi connectivity index (χ0) is 24.2. The molecule has 33 heavy (non-hydrogen) atoms. The van der Waals surface area contributed by atoms with Crippen LogP contribution < -0.4 is 0 Å². The Balaban J connectivity index is 1.90. The topological polar surface area (TPSA) is 57.2 Å². The van der Waals surface area contributed by atoms with Crippen LogP contribution in [0.4, 0.5) is 0 Å². The summed E-state index contributed by atoms with van der Waals surface area (Å²) in [5.41, 5.74) is 6.24. The highest BCUT2D eigenvalue weighted by Gasteiger charge is 2.22. The van der Waals surface area contributed by atoms with Crippen molar-refractivity contribution in [2.75, 3.05) is 0 Å². The van der Waals surface area contributed by atoms with Crippen LogP contribution in [0.5, 0.6) is 0 Å². The van der Waals surface area contributed by atoms with Crippen LogP contribution >= 0.6 is 11.6 Å². The second kappa shape index (κ2) is 10.9. The predicted molar refractivity (Wildman–Crippen MR) is 135 cm³/mol. The number of aryl methyl sites for hydroxylation is 2. The molecule has 0 aromatic heterocycles. The maximum absolute atomic E-state index is 11.3. The van der Waals surface area contributed by atoms with Crippen molar-refractivity contribution in [2.24, 2.45) is 0 Å². The second-order valence-electron chi connectivity index (χ2n) is 9.09. The van der Waals surface area contributed by atoms with Gasteiger partial charge < -0.3 is 4.55 Å². The molecule has 0 heterocycles. The Morgan fingerprint density at radius 1 is 0.788 bits per heavy atom. The van der Waals surface area contributed by atoms with Crippen molar-refractivity contribution in [1.82, 2.24) is 0 Å². The quantitative estimate of drug-likeness (QED) is 0.292. The average Bonchev–Trinajstić information content (AvgIpc) is 2.78. The van der Waals surface area contributed by atoms with E-state index in [4.69, 9.17) is 11.6 Å². The van der Waals surface area contributed by atoms with Crippen LogP contribution in [0.2, 0.25) is 5.02 Å². The molecule has 3 atom stereocenters. The number of halogens is 1. The van der Waals surface area contributed by atoms with Crippen molar-refractivity contribution in [3.05, 3.63) is 99.6 Å². The van der Waals surface area contributed by atoms with Crippen molar-refractivity contribution in [2.45, 2.75) is 69.6 Å². The van der Waals surface area contributed by atoms with Gasteiger partial charge in [-0.2, -0.15) is 0 Å². The van der Waals surface area contributed by atoms with E-state index in [1.165, 1.54) is 34.4 Å². The second-order valence-corrected chi connectivity index (χ2v) is 10.9. The lowest BCUT2D eigenvalue weighted by molar-refractivity contribution is 0.461. The molecule has 0 saturated carbocycles. The molecule has 0 amide bonds. The Morgan fingerprint density at radius 2 is 1.36 bits per heavy atom. The third kappa shape index (κ3) is 6.69. The summed E-state index contributed by atoms with van der Waals surface area (Å²) in [6.07, 6.45) is 2.87. The molecule has 0 aliphatic rings. The highest BCUT2D eigenvalue weighted by Crippen LogP contribution is 2.39. The summed E-state index contributed by atoms with van der Waals surface area (Å²) >= 11 is 6.09. The third-order valence-electron chi connectivity index (χ3n) is 6.78. The molecule has 0 N–H and O–H groups in total. The highest BCUT2D eigenvalue weighted by molar-refractivity contribution is 7.85. The number of hydrogen-bond acceptors (Lipinski definition) is 3. The lowest BCUT2D eigenvalue weighted by atomic mass is 9.78. The van der Waals surface area contributed by atoms with Crippen LogP contribution in [-0.4, -0.2) is 13.0 Å². The van der Waals surface area contributed by atoms with Crippen LogP contribution in [-0.2, 0) is 10.1 Å². The fourth-order valence-corrected chi connectivity index (χ4v) is 5.13. The molecule has 0 aliphatic heterocycles. The van der Waals surface area contributed by atoms with E-state index in [1.807, 2.05) is 12.1 Å². The van der Waals surface area contributed by atoms with Gasteiger partial charge in [-0.3, -0.25) is 0 Å². The standard InChI is InChI=1S/C28H33ClO3S/c1-5-22(24-10-14-28(15-11-24)33(30,31)32)18-26(25-7-6-19(2)20(3)16-25)17-21(4)23-8-12-27(29)13-9-23/h6-16,21-22,26H,5,17-18H2,1-4H3,(H,30,31,32)/p-1. The van der Waals surface area contributed by atoms with Crippen LogP contribution in [0.15, 0.2) is 71.6 Å². The zero-order valence-electron chi connectivity index (χ0n) is 19.7. The van der Waals surface area contributed by atoms with Gasteiger partial charge in [0.15, 0.2) is 0 Å². The molecule has 0 saturated heterocycles. The first-order valence-electron chi connectivity index (χ1n) is 11.5. The van der Waals surface area contributed by atoms with Gasteiger partial charge in [0, 0.05) is 5.02 Å². The summed E-state index contributed by atoms with van der Waals surface area (Å²) in [4.78, 5) is -0.178. The molecule has 3 nitrogen and oxygen atoms in total. The molecule has 0 fully saturated rings. The Kier molecular flexibility index (Phi) is 8.38. The number of benzene rings is 3. The molecule has 0 radical (unpaired) electrons. The zero-order valence-corrected chi connectivity index (χ0v) is 21.3. The third-order valence-corrected chi connectivity index (χ3v) is 7.88.